The maximum absolute atomic E-state index is 13.1. The molecule has 1 aromatic rings. The van der Waals surface area contributed by atoms with Crippen molar-refractivity contribution in [2.45, 2.75) is 30.3 Å². The molecule has 0 spiro atoms. The van der Waals surface area contributed by atoms with E-state index in [-0.39, 0.29) is 0 Å². The number of hydrogen-bond acceptors (Lipinski definition) is 4. The van der Waals surface area contributed by atoms with Crippen molar-refractivity contribution in [1.29, 1.82) is 0 Å². The van der Waals surface area contributed by atoms with E-state index in [0.29, 0.717) is 36.5 Å². The number of nitrogens with zero attached hydrogens (tertiary/aromatic N) is 3. The summed E-state index contributed by atoms with van der Waals surface area (Å²) in [5.74, 6) is 0.717. The van der Waals surface area contributed by atoms with Crippen molar-refractivity contribution in [2.75, 3.05) is 40.3 Å². The molecule has 138 valence electrons. The maximum atomic E-state index is 13.1. The predicted octanol–water partition coefficient (Wildman–Crippen LogP) is 0.450. The summed E-state index contributed by atoms with van der Waals surface area (Å²) in [4.78, 5) is 6.73. The number of rotatable bonds is 5. The number of sulfonamides is 1. The quantitative estimate of drug-likeness (QED) is 0.585. The smallest absolute Gasteiger partial charge is 0.243 e. The Morgan fingerprint density at radius 2 is 1.88 bits per heavy atom. The molecule has 2 aliphatic rings. The SMILES string of the molecule is CN=C(NCc1ccccc1S(=O)(=O)N1CCN(C)CC1)NC1CC1. The lowest BCUT2D eigenvalue weighted by Crippen LogP contribution is -2.47. The highest BCUT2D eigenvalue weighted by molar-refractivity contribution is 7.89. The highest BCUT2D eigenvalue weighted by Gasteiger charge is 2.29. The minimum Gasteiger partial charge on any atom is -0.354 e. The van der Waals surface area contributed by atoms with Gasteiger partial charge in [-0.25, -0.2) is 8.42 Å². The molecule has 0 radical (unpaired) electrons. The monoisotopic (exact) mass is 365 g/mol. The second-order valence-corrected chi connectivity index (χ2v) is 8.57. The summed E-state index contributed by atoms with van der Waals surface area (Å²) in [5, 5.41) is 6.54. The van der Waals surface area contributed by atoms with Crippen LogP contribution in [-0.2, 0) is 16.6 Å². The first-order valence-electron chi connectivity index (χ1n) is 8.74. The zero-order chi connectivity index (χ0) is 17.9. The Balaban J connectivity index is 1.73. The van der Waals surface area contributed by atoms with E-state index < -0.39 is 10.0 Å². The molecule has 1 aliphatic carbocycles. The zero-order valence-corrected chi connectivity index (χ0v) is 15.7. The molecule has 0 amide bonds. The largest absolute Gasteiger partial charge is 0.354 e. The predicted molar refractivity (Wildman–Crippen MR) is 99.1 cm³/mol. The molecule has 8 heteroatoms. The summed E-state index contributed by atoms with van der Waals surface area (Å²) >= 11 is 0. The normalized spacial score (nSPS) is 20.5. The van der Waals surface area contributed by atoms with Gasteiger partial charge >= 0.3 is 0 Å². The molecule has 25 heavy (non-hydrogen) atoms. The van der Waals surface area contributed by atoms with Crippen LogP contribution in [0.4, 0.5) is 0 Å². The number of nitrogens with one attached hydrogen (secondary N) is 2. The van der Waals surface area contributed by atoms with Gasteiger partial charge in [0.05, 0.1) is 4.90 Å². The van der Waals surface area contributed by atoms with Crippen molar-refractivity contribution in [1.82, 2.24) is 19.8 Å². The third-order valence-electron chi connectivity index (χ3n) is 4.64. The molecule has 2 fully saturated rings. The van der Waals surface area contributed by atoms with Crippen LogP contribution in [0.1, 0.15) is 18.4 Å². The van der Waals surface area contributed by atoms with Crippen molar-refractivity contribution in [3.05, 3.63) is 29.8 Å². The number of likely N-dealkylation sites (N-methyl/N-ethyl adjacent to an activating group) is 1. The Hall–Kier alpha value is -1.64. The van der Waals surface area contributed by atoms with Crippen LogP contribution >= 0.6 is 0 Å². The number of aliphatic imine (C=N–C) groups is 1. The molecule has 1 heterocycles. The fraction of sp³-hybridized carbons (Fsp3) is 0.588. The van der Waals surface area contributed by atoms with Crippen LogP contribution in [0, 0.1) is 0 Å². The number of guanidine groups is 1. The van der Waals surface area contributed by atoms with Gasteiger partial charge in [0, 0.05) is 45.8 Å². The van der Waals surface area contributed by atoms with Gasteiger partial charge in [-0.1, -0.05) is 18.2 Å². The molecule has 0 bridgehead atoms. The first-order valence-corrected chi connectivity index (χ1v) is 10.2. The molecular formula is C17H27N5O2S. The third-order valence-corrected chi connectivity index (χ3v) is 6.64. The van der Waals surface area contributed by atoms with Gasteiger partial charge in [0.15, 0.2) is 5.96 Å². The lowest BCUT2D eigenvalue weighted by Gasteiger charge is -2.32. The molecule has 7 nitrogen and oxygen atoms in total. The van der Waals surface area contributed by atoms with Crippen LogP contribution < -0.4 is 10.6 Å². The van der Waals surface area contributed by atoms with Crippen LogP contribution in [0.5, 0.6) is 0 Å². The summed E-state index contributed by atoms with van der Waals surface area (Å²) < 4.78 is 27.7. The van der Waals surface area contributed by atoms with Crippen LogP contribution in [0.25, 0.3) is 0 Å². The Labute approximate surface area is 150 Å². The van der Waals surface area contributed by atoms with Gasteiger partial charge < -0.3 is 15.5 Å². The number of piperazine rings is 1. The lowest BCUT2D eigenvalue weighted by molar-refractivity contribution is 0.222. The molecule has 2 N–H and O–H groups in total. The Bertz CT molecular complexity index is 722. The van der Waals surface area contributed by atoms with Gasteiger partial charge in [0.25, 0.3) is 0 Å². The highest BCUT2D eigenvalue weighted by atomic mass is 32.2. The van der Waals surface area contributed by atoms with Gasteiger partial charge in [-0.15, -0.1) is 0 Å². The van der Waals surface area contributed by atoms with Gasteiger partial charge in [0.2, 0.25) is 10.0 Å². The van der Waals surface area contributed by atoms with E-state index in [1.165, 1.54) is 0 Å². The van der Waals surface area contributed by atoms with Crippen molar-refractivity contribution in [3.8, 4) is 0 Å². The Kier molecular flexibility index (Phi) is 5.61. The second-order valence-electron chi connectivity index (χ2n) is 6.66. The summed E-state index contributed by atoms with van der Waals surface area (Å²) in [5.41, 5.74) is 0.764. The fourth-order valence-electron chi connectivity index (χ4n) is 2.86. The van der Waals surface area contributed by atoms with Crippen LogP contribution in [0.3, 0.4) is 0 Å². The van der Waals surface area contributed by atoms with E-state index in [1.807, 2.05) is 19.2 Å². The van der Waals surface area contributed by atoms with Gasteiger partial charge in [-0.3, -0.25) is 4.99 Å². The molecule has 3 rings (SSSR count). The molecule has 1 saturated carbocycles. The molecule has 1 aliphatic heterocycles. The summed E-state index contributed by atoms with van der Waals surface area (Å²) in [6.45, 7) is 3.02. The molecule has 1 aromatic carbocycles. The molecular weight excluding hydrogens is 338 g/mol. The highest BCUT2D eigenvalue weighted by Crippen LogP contribution is 2.22. The van der Waals surface area contributed by atoms with Gasteiger partial charge in [-0.05, 0) is 31.5 Å². The molecule has 0 unspecified atom stereocenters. The fourth-order valence-corrected chi connectivity index (χ4v) is 4.51. The van der Waals surface area contributed by atoms with E-state index in [0.717, 1.165) is 31.5 Å². The number of benzene rings is 1. The summed E-state index contributed by atoms with van der Waals surface area (Å²) in [6, 6.07) is 7.71. The first-order chi connectivity index (χ1) is 12.0. The summed E-state index contributed by atoms with van der Waals surface area (Å²) in [7, 11) is 0.266. The average Bonchev–Trinajstić information content (AvgIpc) is 3.43. The van der Waals surface area contributed by atoms with Crippen LogP contribution in [0.2, 0.25) is 0 Å². The lowest BCUT2D eigenvalue weighted by atomic mass is 10.2. The van der Waals surface area contributed by atoms with E-state index in [9.17, 15) is 8.42 Å². The van der Waals surface area contributed by atoms with Gasteiger partial charge in [0.1, 0.15) is 0 Å². The molecule has 0 aromatic heterocycles. The minimum absolute atomic E-state index is 0.383. The van der Waals surface area contributed by atoms with E-state index >= 15 is 0 Å². The van der Waals surface area contributed by atoms with Crippen molar-refractivity contribution in [2.24, 2.45) is 4.99 Å². The topological polar surface area (TPSA) is 77.0 Å². The van der Waals surface area contributed by atoms with E-state index in [1.54, 1.807) is 23.5 Å². The van der Waals surface area contributed by atoms with E-state index in [2.05, 4.69) is 20.5 Å². The Morgan fingerprint density at radius 3 is 2.52 bits per heavy atom. The number of hydrogen-bond donors (Lipinski definition) is 2. The van der Waals surface area contributed by atoms with Crippen molar-refractivity contribution < 1.29 is 8.42 Å². The summed E-state index contributed by atoms with van der Waals surface area (Å²) in [6.07, 6.45) is 2.32. The van der Waals surface area contributed by atoms with Crippen molar-refractivity contribution >= 4 is 16.0 Å². The first kappa shape index (κ1) is 18.2. The minimum atomic E-state index is -3.48. The standard InChI is InChI=1S/C17H27N5O2S/c1-18-17(20-15-7-8-15)19-13-14-5-3-4-6-16(14)25(23,24)22-11-9-21(2)10-12-22/h3-6,15H,7-13H2,1-2H3,(H2,18,19,20). The Morgan fingerprint density at radius 1 is 1.20 bits per heavy atom. The molecule has 0 atom stereocenters. The second kappa shape index (κ2) is 7.72. The molecule has 1 saturated heterocycles. The average molecular weight is 366 g/mol. The van der Waals surface area contributed by atoms with E-state index in [4.69, 9.17) is 0 Å². The third kappa shape index (κ3) is 4.50. The van der Waals surface area contributed by atoms with Crippen LogP contribution in [-0.4, -0.2) is 69.9 Å². The van der Waals surface area contributed by atoms with Crippen LogP contribution in [0.15, 0.2) is 34.2 Å². The maximum Gasteiger partial charge on any atom is 0.243 e. The zero-order valence-electron chi connectivity index (χ0n) is 14.9. The van der Waals surface area contributed by atoms with Crippen molar-refractivity contribution in [3.63, 3.8) is 0 Å². The van der Waals surface area contributed by atoms with Gasteiger partial charge in [-0.2, -0.15) is 4.31 Å².